The predicted octanol–water partition coefficient (Wildman–Crippen LogP) is 14.1. The van der Waals surface area contributed by atoms with Gasteiger partial charge in [-0.1, -0.05) is 0 Å². The summed E-state index contributed by atoms with van der Waals surface area (Å²) in [4.78, 5) is 0. The van der Waals surface area contributed by atoms with E-state index in [0.29, 0.717) is 7.25 Å². The summed E-state index contributed by atoms with van der Waals surface area (Å²) in [6.45, 7) is 28.6. The minimum absolute atomic E-state index is 0.000300. The average molecular weight is 781 g/mol. The molecule has 3 heteroatoms. The van der Waals surface area contributed by atoms with E-state index >= 15 is 0 Å². The molecule has 0 saturated heterocycles. The van der Waals surface area contributed by atoms with Gasteiger partial charge in [0.2, 0.25) is 0 Å². The van der Waals surface area contributed by atoms with Crippen LogP contribution in [0.25, 0.3) is 11.1 Å². The van der Waals surface area contributed by atoms with Gasteiger partial charge in [0.05, 0.1) is 0 Å². The Bertz CT molecular complexity index is 1890. The van der Waals surface area contributed by atoms with Crippen LogP contribution in [0.5, 0.6) is 0 Å². The van der Waals surface area contributed by atoms with E-state index in [1.807, 2.05) is 0 Å². The minimum atomic E-state index is -2.90. The van der Waals surface area contributed by atoms with Gasteiger partial charge in [0.25, 0.3) is 0 Å². The van der Waals surface area contributed by atoms with Gasteiger partial charge in [0.1, 0.15) is 0 Å². The summed E-state index contributed by atoms with van der Waals surface area (Å²) in [5.41, 5.74) is 14.3. The van der Waals surface area contributed by atoms with E-state index in [4.69, 9.17) is 23.2 Å². The number of benzene rings is 4. The molecule has 0 bridgehead atoms. The molecule has 2 aliphatic rings. The molecule has 0 saturated carbocycles. The molecule has 260 valence electrons. The molecule has 0 atom stereocenters. The molecule has 4 aromatic rings. The number of halogens is 2. The zero-order chi connectivity index (χ0) is 36.6. The Morgan fingerprint density at radius 2 is 0.800 bits per heavy atom. The third-order valence-corrected chi connectivity index (χ3v) is 19.6. The van der Waals surface area contributed by atoms with Gasteiger partial charge in [-0.3, -0.25) is 0 Å². The van der Waals surface area contributed by atoms with E-state index in [9.17, 15) is 0 Å². The maximum atomic E-state index is 6.54. The number of allylic oxidation sites excluding steroid dienone is 4. The third kappa shape index (κ3) is 7.19. The van der Waals surface area contributed by atoms with Crippen molar-refractivity contribution in [2.75, 3.05) is 0 Å². The molecule has 0 nitrogen and oxygen atoms in total. The maximum absolute atomic E-state index is 6.54. The standard InChI is InChI=1S/C29H41.C13H8Cl2.C5H5.Zr/c1-26(2,3)22-14-18-13-19-15-23(27(4,5)6)25(29(10,11)12)17-21(19)20(18)16-24(22)28(7,8)9;14-12-5-1-10(2-6-12)9-11-3-7-13(15)8-4-11;1-2-4-5-3-1;/h13-17H,1-12H3;1-8H;1-5H;. The van der Waals surface area contributed by atoms with Crippen LogP contribution in [0.3, 0.4) is 0 Å². The fourth-order valence-electron chi connectivity index (χ4n) is 8.04. The van der Waals surface area contributed by atoms with Gasteiger partial charge in [0, 0.05) is 0 Å². The van der Waals surface area contributed by atoms with Crippen LogP contribution in [0.15, 0.2) is 97.1 Å². The zero-order valence-electron chi connectivity index (χ0n) is 32.1. The Balaban J connectivity index is 1.84. The van der Waals surface area contributed by atoms with Crippen molar-refractivity contribution in [2.24, 2.45) is 0 Å². The van der Waals surface area contributed by atoms with Crippen LogP contribution in [0, 0.1) is 0 Å². The molecule has 0 heterocycles. The van der Waals surface area contributed by atoms with Crippen molar-refractivity contribution in [3.05, 3.63) is 152 Å². The molecule has 2 aliphatic carbocycles. The van der Waals surface area contributed by atoms with Crippen molar-refractivity contribution in [3.63, 3.8) is 0 Å². The van der Waals surface area contributed by atoms with Crippen molar-refractivity contribution >= 4 is 26.4 Å². The van der Waals surface area contributed by atoms with Crippen molar-refractivity contribution in [1.82, 2.24) is 0 Å². The van der Waals surface area contributed by atoms with Crippen LogP contribution in [-0.2, 0) is 42.9 Å². The normalized spacial score (nSPS) is 15.1. The van der Waals surface area contributed by atoms with Gasteiger partial charge in [-0.25, -0.2) is 0 Å². The molecule has 0 radical (unpaired) electrons. The predicted molar refractivity (Wildman–Crippen MR) is 217 cm³/mol. The Labute approximate surface area is 320 Å². The van der Waals surface area contributed by atoms with E-state index < -0.39 is 21.3 Å². The van der Waals surface area contributed by atoms with E-state index in [1.165, 1.54) is 58.8 Å². The molecular formula is C47H54Cl2Zr. The van der Waals surface area contributed by atoms with Crippen LogP contribution < -0.4 is 0 Å². The average Bonchev–Trinajstić information content (AvgIpc) is 3.65. The first kappa shape index (κ1) is 37.5. The van der Waals surface area contributed by atoms with E-state index in [-0.39, 0.29) is 21.7 Å². The molecule has 50 heavy (non-hydrogen) atoms. The van der Waals surface area contributed by atoms with Gasteiger partial charge in [0.15, 0.2) is 0 Å². The second kappa shape index (κ2) is 13.3. The zero-order valence-corrected chi connectivity index (χ0v) is 36.1. The Hall–Kier alpha value is -2.31. The SMILES string of the molecule is CC(C)(C)c1cc2c(cc1C(C)(C)C)[CH]([Zr](=[C](c1ccc(Cl)cc1)c1ccc(Cl)cc1)[CH]1C=CC=C1)c1cc(C(C)(C)C)c(C(C)(C)C)cc1-2. The van der Waals surface area contributed by atoms with Gasteiger partial charge in [-0.05, 0) is 0 Å². The molecule has 0 N–H and O–H groups in total. The van der Waals surface area contributed by atoms with Gasteiger partial charge in [-0.2, -0.15) is 0 Å². The summed E-state index contributed by atoms with van der Waals surface area (Å²) in [5.74, 6) is 0. The van der Waals surface area contributed by atoms with Crippen LogP contribution in [0.4, 0.5) is 0 Å². The molecule has 0 aliphatic heterocycles. The van der Waals surface area contributed by atoms with Crippen molar-refractivity contribution in [3.8, 4) is 11.1 Å². The molecule has 0 fully saturated rings. The molecule has 0 aromatic heterocycles. The van der Waals surface area contributed by atoms with Crippen LogP contribution in [-0.4, -0.2) is 3.21 Å². The summed E-state index contributed by atoms with van der Waals surface area (Å²) in [6, 6.07) is 27.7. The third-order valence-electron chi connectivity index (χ3n) is 10.5. The first-order valence-corrected chi connectivity index (χ1v) is 23.0. The Morgan fingerprint density at radius 1 is 0.480 bits per heavy atom. The second-order valence-corrected chi connectivity index (χ2v) is 25.9. The van der Waals surface area contributed by atoms with Crippen molar-refractivity contribution < 1.29 is 21.3 Å². The number of hydrogen-bond donors (Lipinski definition) is 0. The quantitative estimate of drug-likeness (QED) is 0.193. The fourth-order valence-corrected chi connectivity index (χ4v) is 17.6. The molecular weight excluding hydrogens is 727 g/mol. The molecule has 4 aromatic carbocycles. The summed E-state index contributed by atoms with van der Waals surface area (Å²) in [7, 11) is 0. The van der Waals surface area contributed by atoms with Crippen molar-refractivity contribution in [1.29, 1.82) is 0 Å². The molecule has 6 rings (SSSR count). The number of hydrogen-bond acceptors (Lipinski definition) is 0. The first-order chi connectivity index (χ1) is 23.2. The Morgan fingerprint density at radius 3 is 1.12 bits per heavy atom. The first-order valence-electron chi connectivity index (χ1n) is 18.2. The van der Waals surface area contributed by atoms with Gasteiger partial charge < -0.3 is 0 Å². The summed E-state index contributed by atoms with van der Waals surface area (Å²) in [6.07, 6.45) is 9.52. The Kier molecular flexibility index (Phi) is 9.94. The molecule has 0 unspecified atom stereocenters. The topological polar surface area (TPSA) is 0 Å². The van der Waals surface area contributed by atoms with Crippen LogP contribution >= 0.6 is 23.2 Å². The van der Waals surface area contributed by atoms with Crippen molar-refractivity contribution in [2.45, 2.75) is 112 Å². The van der Waals surface area contributed by atoms with Crippen LogP contribution in [0.2, 0.25) is 13.7 Å². The second-order valence-electron chi connectivity index (χ2n) is 18.5. The summed E-state index contributed by atoms with van der Waals surface area (Å²) in [5, 5.41) is 1.53. The fraction of sp³-hybridized carbons (Fsp3) is 0.383. The number of fused-ring (bicyclic) bond motifs is 3. The van der Waals surface area contributed by atoms with E-state index in [2.05, 4.69) is 180 Å². The molecule has 0 spiro atoms. The summed E-state index contributed by atoms with van der Waals surface area (Å²) >= 11 is 10.2. The monoisotopic (exact) mass is 778 g/mol. The number of rotatable bonds is 4. The van der Waals surface area contributed by atoms with Gasteiger partial charge >= 0.3 is 322 Å². The van der Waals surface area contributed by atoms with Crippen LogP contribution in [0.1, 0.15) is 131 Å². The van der Waals surface area contributed by atoms with E-state index in [1.54, 1.807) is 0 Å². The molecule has 0 amide bonds. The van der Waals surface area contributed by atoms with Gasteiger partial charge in [-0.15, -0.1) is 0 Å². The summed E-state index contributed by atoms with van der Waals surface area (Å²) < 4.78 is 2.22. The van der Waals surface area contributed by atoms with E-state index in [0.717, 1.165) is 10.0 Å².